The van der Waals surface area contributed by atoms with Crippen molar-refractivity contribution in [3.63, 3.8) is 0 Å². The normalized spacial score (nSPS) is 14.8. The van der Waals surface area contributed by atoms with Crippen molar-refractivity contribution < 1.29 is 18.4 Å². The van der Waals surface area contributed by atoms with Crippen molar-refractivity contribution in [2.45, 2.75) is 18.9 Å². The number of hydrogen-bond donors (Lipinski definition) is 2. The van der Waals surface area contributed by atoms with Crippen LogP contribution in [0.2, 0.25) is 0 Å². The molecule has 8 heteroatoms. The Hall–Kier alpha value is -3.91. The zero-order valence-electron chi connectivity index (χ0n) is 18.8. The average Bonchev–Trinajstić information content (AvgIpc) is 2.84. The summed E-state index contributed by atoms with van der Waals surface area (Å²) >= 11 is 0. The molecule has 0 amide bonds. The number of hydrogen-bond acceptors (Lipinski definition) is 5. The molecule has 35 heavy (non-hydrogen) atoms. The Bertz CT molecular complexity index is 1410. The fourth-order valence-corrected chi connectivity index (χ4v) is 4.71. The van der Waals surface area contributed by atoms with Gasteiger partial charge in [-0.25, -0.2) is 13.2 Å². The van der Waals surface area contributed by atoms with Gasteiger partial charge >= 0.3 is 0 Å². The van der Waals surface area contributed by atoms with Gasteiger partial charge in [-0.15, -0.1) is 0 Å². The summed E-state index contributed by atoms with van der Waals surface area (Å²) in [5.41, 5.74) is 9.97. The van der Waals surface area contributed by atoms with E-state index in [-0.39, 0.29) is 11.6 Å². The van der Waals surface area contributed by atoms with E-state index in [1.54, 1.807) is 18.3 Å². The summed E-state index contributed by atoms with van der Waals surface area (Å²) in [5, 5.41) is 12.8. The number of rotatable bonds is 4. The number of aromatic nitrogens is 1. The van der Waals surface area contributed by atoms with Gasteiger partial charge in [-0.3, -0.25) is 4.98 Å². The van der Waals surface area contributed by atoms with Crippen molar-refractivity contribution in [3.05, 3.63) is 83.8 Å². The number of benzene rings is 3. The molecule has 3 N–H and O–H groups in total. The lowest BCUT2D eigenvalue weighted by atomic mass is 9.94. The van der Waals surface area contributed by atoms with Crippen LogP contribution >= 0.6 is 0 Å². The standard InChI is InChI=1S/C27H23F3N4O/c28-18-10-17(11-19(29)13-18)23-14-32-26-5-4-16(21-2-1-3-25(30)24(21)15-33-35)12-22(26)27(23)34-8-6-20(31)7-9-34/h1-5,10-15,20,35H,6-9,31H2/b33-15+. The maximum atomic E-state index is 14.5. The van der Waals surface area contributed by atoms with Gasteiger partial charge in [0.1, 0.15) is 17.5 Å². The van der Waals surface area contributed by atoms with Crippen LogP contribution in [0.3, 0.4) is 0 Å². The average molecular weight is 477 g/mol. The Morgan fingerprint density at radius 2 is 1.69 bits per heavy atom. The van der Waals surface area contributed by atoms with E-state index >= 15 is 0 Å². The zero-order valence-corrected chi connectivity index (χ0v) is 18.8. The number of halogens is 3. The SMILES string of the molecule is NC1CCN(c2c(-c3cc(F)cc(F)c3)cnc3ccc(-c4cccc(F)c4/C=N/O)cc23)CC1. The van der Waals surface area contributed by atoms with Crippen molar-refractivity contribution in [2.24, 2.45) is 10.9 Å². The van der Waals surface area contributed by atoms with E-state index in [4.69, 9.17) is 10.9 Å². The van der Waals surface area contributed by atoms with Gasteiger partial charge in [-0.1, -0.05) is 23.4 Å². The number of pyridine rings is 1. The van der Waals surface area contributed by atoms with Gasteiger partial charge in [0.15, 0.2) is 0 Å². The van der Waals surface area contributed by atoms with Crippen LogP contribution in [0.5, 0.6) is 0 Å². The second-order valence-corrected chi connectivity index (χ2v) is 8.68. The second-order valence-electron chi connectivity index (χ2n) is 8.68. The molecule has 0 unspecified atom stereocenters. The minimum Gasteiger partial charge on any atom is -0.411 e. The Morgan fingerprint density at radius 3 is 2.40 bits per heavy atom. The van der Waals surface area contributed by atoms with Crippen molar-refractivity contribution in [3.8, 4) is 22.3 Å². The molecule has 4 aromatic rings. The number of piperidine rings is 1. The summed E-state index contributed by atoms with van der Waals surface area (Å²) in [7, 11) is 0. The van der Waals surface area contributed by atoms with Crippen molar-refractivity contribution in [1.82, 2.24) is 4.98 Å². The van der Waals surface area contributed by atoms with Gasteiger partial charge in [0.2, 0.25) is 0 Å². The number of nitrogens with two attached hydrogens (primary N) is 1. The maximum absolute atomic E-state index is 14.5. The highest BCUT2D eigenvalue weighted by Gasteiger charge is 2.23. The third kappa shape index (κ3) is 4.44. The van der Waals surface area contributed by atoms with Crippen LogP contribution in [-0.2, 0) is 0 Å². The molecule has 1 saturated heterocycles. The number of nitrogens with zero attached hydrogens (tertiary/aromatic N) is 3. The summed E-state index contributed by atoms with van der Waals surface area (Å²) in [6.45, 7) is 1.36. The van der Waals surface area contributed by atoms with E-state index in [1.165, 1.54) is 18.2 Å². The number of oxime groups is 1. The van der Waals surface area contributed by atoms with Gasteiger partial charge < -0.3 is 15.8 Å². The van der Waals surface area contributed by atoms with Crippen LogP contribution in [0.25, 0.3) is 33.2 Å². The smallest absolute Gasteiger partial charge is 0.132 e. The van der Waals surface area contributed by atoms with E-state index in [1.807, 2.05) is 18.2 Å². The van der Waals surface area contributed by atoms with Crippen LogP contribution < -0.4 is 10.6 Å². The summed E-state index contributed by atoms with van der Waals surface area (Å²) in [6.07, 6.45) is 4.25. The van der Waals surface area contributed by atoms with E-state index in [2.05, 4.69) is 15.0 Å². The van der Waals surface area contributed by atoms with E-state index in [0.717, 1.165) is 36.2 Å². The monoisotopic (exact) mass is 476 g/mol. The minimum atomic E-state index is -0.673. The van der Waals surface area contributed by atoms with Crippen molar-refractivity contribution in [1.29, 1.82) is 0 Å². The molecule has 0 bridgehead atoms. The topological polar surface area (TPSA) is 74.7 Å². The molecular weight excluding hydrogens is 453 g/mol. The fourth-order valence-electron chi connectivity index (χ4n) is 4.71. The molecular formula is C27H23F3N4O. The first-order chi connectivity index (χ1) is 16.9. The molecule has 0 atom stereocenters. The molecule has 3 aromatic carbocycles. The Labute approximate surface area is 200 Å². The van der Waals surface area contributed by atoms with Crippen molar-refractivity contribution >= 4 is 22.8 Å². The largest absolute Gasteiger partial charge is 0.411 e. The molecule has 1 fully saturated rings. The second kappa shape index (κ2) is 9.38. The van der Waals surface area contributed by atoms with Gasteiger partial charge in [-0.05, 0) is 59.9 Å². The third-order valence-corrected chi connectivity index (χ3v) is 6.42. The molecule has 5 nitrogen and oxygen atoms in total. The van der Waals surface area contributed by atoms with E-state index in [9.17, 15) is 13.2 Å². The lowest BCUT2D eigenvalue weighted by Crippen LogP contribution is -2.40. The Kier molecular flexibility index (Phi) is 6.13. The molecule has 0 radical (unpaired) electrons. The molecule has 2 heterocycles. The molecule has 5 rings (SSSR count). The molecule has 178 valence electrons. The Morgan fingerprint density at radius 1 is 0.943 bits per heavy atom. The van der Waals surface area contributed by atoms with Crippen LogP contribution in [0.4, 0.5) is 18.9 Å². The van der Waals surface area contributed by atoms with Crippen LogP contribution in [0.15, 0.2) is 65.9 Å². The number of anilines is 1. The van der Waals surface area contributed by atoms with Crippen LogP contribution in [0, 0.1) is 17.5 Å². The van der Waals surface area contributed by atoms with Crippen LogP contribution in [0.1, 0.15) is 18.4 Å². The Balaban J connectivity index is 1.76. The lowest BCUT2D eigenvalue weighted by Gasteiger charge is -2.34. The lowest BCUT2D eigenvalue weighted by molar-refractivity contribution is 0.321. The molecule has 1 aliphatic rings. The fraction of sp³-hybridized carbons (Fsp3) is 0.185. The van der Waals surface area contributed by atoms with Gasteiger partial charge in [0.05, 0.1) is 17.4 Å². The first kappa shape index (κ1) is 22.9. The first-order valence-corrected chi connectivity index (χ1v) is 11.3. The quantitative estimate of drug-likeness (QED) is 0.224. The number of fused-ring (bicyclic) bond motifs is 1. The predicted molar refractivity (Wildman–Crippen MR) is 131 cm³/mol. The predicted octanol–water partition coefficient (Wildman–Crippen LogP) is 5.72. The maximum Gasteiger partial charge on any atom is 0.132 e. The van der Waals surface area contributed by atoms with Gasteiger partial charge in [0, 0.05) is 47.9 Å². The third-order valence-electron chi connectivity index (χ3n) is 6.42. The summed E-state index contributed by atoms with van der Waals surface area (Å²) in [6, 6.07) is 13.6. The summed E-state index contributed by atoms with van der Waals surface area (Å²) in [4.78, 5) is 6.73. The highest BCUT2D eigenvalue weighted by atomic mass is 19.1. The highest BCUT2D eigenvalue weighted by Crippen LogP contribution is 2.40. The first-order valence-electron chi connectivity index (χ1n) is 11.3. The molecule has 0 saturated carbocycles. The van der Waals surface area contributed by atoms with E-state index in [0.29, 0.717) is 40.9 Å². The minimum absolute atomic E-state index is 0.0950. The van der Waals surface area contributed by atoms with Gasteiger partial charge in [0.25, 0.3) is 0 Å². The molecule has 0 aliphatic carbocycles. The molecule has 1 aliphatic heterocycles. The van der Waals surface area contributed by atoms with Crippen molar-refractivity contribution in [2.75, 3.05) is 18.0 Å². The summed E-state index contributed by atoms with van der Waals surface area (Å²) < 4.78 is 42.8. The molecule has 0 spiro atoms. The molecule has 1 aromatic heterocycles. The van der Waals surface area contributed by atoms with Crippen LogP contribution in [-0.4, -0.2) is 35.5 Å². The van der Waals surface area contributed by atoms with Gasteiger partial charge in [-0.2, -0.15) is 0 Å². The highest BCUT2D eigenvalue weighted by molar-refractivity contribution is 6.02. The zero-order chi connectivity index (χ0) is 24.5. The summed E-state index contributed by atoms with van der Waals surface area (Å²) in [5.74, 6) is -1.87. The van der Waals surface area contributed by atoms with E-state index < -0.39 is 17.5 Å².